The van der Waals surface area contributed by atoms with Crippen LogP contribution in [0.25, 0.3) is 11.0 Å². The molecular formula is C20H26N6OS. The molecule has 1 amide bonds. The first-order valence-corrected chi connectivity index (χ1v) is 11.2. The van der Waals surface area contributed by atoms with Crippen molar-refractivity contribution in [1.29, 1.82) is 0 Å². The number of H-pyrrole nitrogens is 1. The van der Waals surface area contributed by atoms with Gasteiger partial charge in [0.05, 0.1) is 10.3 Å². The van der Waals surface area contributed by atoms with E-state index in [0.717, 1.165) is 60.1 Å². The first kappa shape index (κ1) is 18.0. The molecule has 1 spiro atoms. The van der Waals surface area contributed by atoms with Crippen molar-refractivity contribution in [2.24, 2.45) is 0 Å². The Morgan fingerprint density at radius 2 is 2.11 bits per heavy atom. The molecule has 2 N–H and O–H groups in total. The highest BCUT2D eigenvalue weighted by atomic mass is 32.2. The fourth-order valence-electron chi connectivity index (χ4n) is 4.71. The van der Waals surface area contributed by atoms with Crippen LogP contribution >= 0.6 is 11.8 Å². The van der Waals surface area contributed by atoms with Crippen LogP contribution in [0.1, 0.15) is 32.1 Å². The van der Waals surface area contributed by atoms with Crippen molar-refractivity contribution in [1.82, 2.24) is 25.2 Å². The fraction of sp³-hybridized carbons (Fsp3) is 0.550. The van der Waals surface area contributed by atoms with Crippen LogP contribution in [0.2, 0.25) is 0 Å². The highest BCUT2D eigenvalue weighted by Gasteiger charge is 2.38. The largest absolute Gasteiger partial charge is 0.346 e. The summed E-state index contributed by atoms with van der Waals surface area (Å²) in [6, 6.07) is 1.99. The summed E-state index contributed by atoms with van der Waals surface area (Å²) >= 11 is 1.66. The van der Waals surface area contributed by atoms with Crippen molar-refractivity contribution in [3.63, 3.8) is 0 Å². The SMILES string of the molecule is O=C(C1=CN(c2ncnc3[nH]ccc23)CCS1)N1CCCC2(CCCCN2)C1. The van der Waals surface area contributed by atoms with Crippen LogP contribution in [0.15, 0.2) is 29.7 Å². The van der Waals surface area contributed by atoms with Gasteiger partial charge in [-0.2, -0.15) is 0 Å². The van der Waals surface area contributed by atoms with Gasteiger partial charge in [-0.15, -0.1) is 11.8 Å². The number of likely N-dealkylation sites (tertiary alicyclic amines) is 1. The molecule has 5 rings (SSSR count). The second-order valence-electron chi connectivity index (χ2n) is 7.97. The Morgan fingerprint density at radius 1 is 1.18 bits per heavy atom. The molecule has 3 aliphatic heterocycles. The zero-order valence-electron chi connectivity index (χ0n) is 16.0. The summed E-state index contributed by atoms with van der Waals surface area (Å²) < 4.78 is 0. The average molecular weight is 399 g/mol. The summed E-state index contributed by atoms with van der Waals surface area (Å²) in [6.07, 6.45) is 11.4. The fourth-order valence-corrected chi connectivity index (χ4v) is 5.67. The molecule has 0 bridgehead atoms. The lowest BCUT2D eigenvalue weighted by Gasteiger charge is -2.46. The Bertz CT molecular complexity index is 897. The van der Waals surface area contributed by atoms with Gasteiger partial charge in [0, 0.05) is 43.3 Å². The number of anilines is 1. The van der Waals surface area contributed by atoms with Crippen molar-refractivity contribution < 1.29 is 4.79 Å². The molecule has 2 aromatic rings. The minimum absolute atomic E-state index is 0.135. The highest BCUT2D eigenvalue weighted by molar-refractivity contribution is 8.04. The minimum atomic E-state index is 0.135. The monoisotopic (exact) mass is 398 g/mol. The Labute approximate surface area is 169 Å². The molecule has 0 radical (unpaired) electrons. The van der Waals surface area contributed by atoms with Crippen LogP contribution in [0.3, 0.4) is 0 Å². The van der Waals surface area contributed by atoms with Gasteiger partial charge in [0.15, 0.2) is 0 Å². The predicted octanol–water partition coefficient (Wildman–Crippen LogP) is 2.49. The number of rotatable bonds is 2. The average Bonchev–Trinajstić information content (AvgIpc) is 3.23. The van der Waals surface area contributed by atoms with E-state index >= 15 is 0 Å². The number of hydrogen-bond acceptors (Lipinski definition) is 6. The molecular weight excluding hydrogens is 372 g/mol. The van der Waals surface area contributed by atoms with E-state index in [4.69, 9.17) is 0 Å². The number of amides is 1. The molecule has 7 nitrogen and oxygen atoms in total. The van der Waals surface area contributed by atoms with Gasteiger partial charge in [-0.1, -0.05) is 6.42 Å². The highest BCUT2D eigenvalue weighted by Crippen LogP contribution is 2.33. The second kappa shape index (κ2) is 7.40. The molecule has 1 atom stereocenters. The van der Waals surface area contributed by atoms with E-state index in [0.29, 0.717) is 0 Å². The zero-order valence-corrected chi connectivity index (χ0v) is 16.8. The maximum atomic E-state index is 13.3. The smallest absolute Gasteiger partial charge is 0.261 e. The van der Waals surface area contributed by atoms with E-state index in [9.17, 15) is 4.79 Å². The molecule has 0 aromatic carbocycles. The summed E-state index contributed by atoms with van der Waals surface area (Å²) in [5.41, 5.74) is 0.959. The number of aromatic amines is 1. The van der Waals surface area contributed by atoms with Crippen LogP contribution in [-0.4, -0.2) is 63.2 Å². The third kappa shape index (κ3) is 3.28. The van der Waals surface area contributed by atoms with Gasteiger partial charge in [-0.3, -0.25) is 4.79 Å². The Balaban J connectivity index is 1.38. The summed E-state index contributed by atoms with van der Waals surface area (Å²) in [6.45, 7) is 3.60. The summed E-state index contributed by atoms with van der Waals surface area (Å²) in [5, 5.41) is 4.71. The first-order valence-electron chi connectivity index (χ1n) is 10.2. The predicted molar refractivity (Wildman–Crippen MR) is 112 cm³/mol. The lowest BCUT2D eigenvalue weighted by Crippen LogP contribution is -2.60. The third-order valence-corrected chi connectivity index (χ3v) is 7.10. The van der Waals surface area contributed by atoms with E-state index in [-0.39, 0.29) is 11.4 Å². The van der Waals surface area contributed by atoms with E-state index < -0.39 is 0 Å². The van der Waals surface area contributed by atoms with E-state index in [1.165, 1.54) is 25.7 Å². The van der Waals surface area contributed by atoms with Gasteiger partial charge in [0.1, 0.15) is 17.8 Å². The van der Waals surface area contributed by atoms with Gasteiger partial charge in [-0.25, -0.2) is 9.97 Å². The summed E-state index contributed by atoms with van der Waals surface area (Å²) in [4.78, 5) is 30.2. The first-order chi connectivity index (χ1) is 13.7. The van der Waals surface area contributed by atoms with E-state index in [1.54, 1.807) is 18.1 Å². The lowest BCUT2D eigenvalue weighted by atomic mass is 9.82. The summed E-state index contributed by atoms with van der Waals surface area (Å²) in [5.74, 6) is 1.91. The number of carbonyl (C=O) groups excluding carboxylic acids is 1. The zero-order chi connectivity index (χ0) is 19.0. The van der Waals surface area contributed by atoms with Crippen molar-refractivity contribution in [2.45, 2.75) is 37.6 Å². The number of thioether (sulfide) groups is 1. The standard InChI is InChI=1S/C20H26N6OS/c27-19(26-9-3-6-20(13-26)5-1-2-7-24-20)16-12-25(10-11-28-16)18-15-4-8-21-17(15)22-14-23-18/h4,8,12,14,24H,1-3,5-7,9-11,13H2,(H,21,22,23). The van der Waals surface area contributed by atoms with Gasteiger partial charge >= 0.3 is 0 Å². The number of nitrogens with zero attached hydrogens (tertiary/aromatic N) is 4. The maximum absolute atomic E-state index is 13.3. The van der Waals surface area contributed by atoms with Crippen molar-refractivity contribution in [2.75, 3.05) is 36.8 Å². The van der Waals surface area contributed by atoms with Gasteiger partial charge < -0.3 is 20.1 Å². The molecule has 0 aliphatic carbocycles. The molecule has 5 heterocycles. The molecule has 28 heavy (non-hydrogen) atoms. The molecule has 2 fully saturated rings. The van der Waals surface area contributed by atoms with Gasteiger partial charge in [-0.05, 0) is 38.3 Å². The van der Waals surface area contributed by atoms with Crippen LogP contribution in [0, 0.1) is 0 Å². The van der Waals surface area contributed by atoms with Crippen LogP contribution < -0.4 is 10.2 Å². The number of aromatic nitrogens is 3. The summed E-state index contributed by atoms with van der Waals surface area (Å²) in [7, 11) is 0. The topological polar surface area (TPSA) is 77.2 Å². The number of fused-ring (bicyclic) bond motifs is 1. The molecule has 3 aliphatic rings. The van der Waals surface area contributed by atoms with Crippen molar-refractivity contribution in [3.8, 4) is 0 Å². The molecule has 2 saturated heterocycles. The Morgan fingerprint density at radius 3 is 3.00 bits per heavy atom. The molecule has 148 valence electrons. The van der Waals surface area contributed by atoms with Crippen molar-refractivity contribution >= 4 is 34.5 Å². The molecule has 1 unspecified atom stereocenters. The van der Waals surface area contributed by atoms with Crippen LogP contribution in [0.5, 0.6) is 0 Å². The normalized spacial score (nSPS) is 25.9. The van der Waals surface area contributed by atoms with Crippen LogP contribution in [0.4, 0.5) is 5.82 Å². The Hall–Kier alpha value is -2.06. The second-order valence-corrected chi connectivity index (χ2v) is 9.10. The van der Waals surface area contributed by atoms with E-state index in [2.05, 4.69) is 30.1 Å². The van der Waals surface area contributed by atoms with Crippen LogP contribution in [-0.2, 0) is 4.79 Å². The van der Waals surface area contributed by atoms with Gasteiger partial charge in [0.25, 0.3) is 5.91 Å². The molecule has 8 heteroatoms. The number of piperidine rings is 2. The lowest BCUT2D eigenvalue weighted by molar-refractivity contribution is -0.129. The Kier molecular flexibility index (Phi) is 4.76. The third-order valence-electron chi connectivity index (χ3n) is 6.12. The van der Waals surface area contributed by atoms with Crippen molar-refractivity contribution in [3.05, 3.63) is 29.7 Å². The number of hydrogen-bond donors (Lipinski definition) is 2. The number of nitrogens with one attached hydrogen (secondary N) is 2. The van der Waals surface area contributed by atoms with E-state index in [1.807, 2.05) is 18.5 Å². The maximum Gasteiger partial charge on any atom is 0.261 e. The molecule has 0 saturated carbocycles. The quantitative estimate of drug-likeness (QED) is 0.809. The molecule has 2 aromatic heterocycles. The number of carbonyl (C=O) groups is 1. The minimum Gasteiger partial charge on any atom is -0.346 e. The van der Waals surface area contributed by atoms with Gasteiger partial charge in [0.2, 0.25) is 0 Å².